The Morgan fingerprint density at radius 3 is 2.76 bits per heavy atom. The number of ether oxygens (including phenoxy) is 1. The molecule has 1 amide bonds. The van der Waals surface area contributed by atoms with Crippen LogP contribution in [0.15, 0.2) is 24.4 Å². The van der Waals surface area contributed by atoms with Crippen molar-refractivity contribution in [1.82, 2.24) is 25.0 Å². The van der Waals surface area contributed by atoms with Crippen LogP contribution in [0.25, 0.3) is 0 Å². The molecule has 0 bridgehead atoms. The summed E-state index contributed by atoms with van der Waals surface area (Å²) in [6.07, 6.45) is 6.08. The fraction of sp³-hybridized carbons (Fsp3) is 0.615. The van der Waals surface area contributed by atoms with E-state index in [9.17, 15) is 23.5 Å². The number of alkyl halides is 2. The van der Waals surface area contributed by atoms with Crippen LogP contribution >= 0.6 is 0 Å². The molecule has 0 radical (unpaired) electrons. The van der Waals surface area contributed by atoms with E-state index >= 15 is 0 Å². The number of carbonyl (C=O) groups excluding carboxylic acids is 1. The van der Waals surface area contributed by atoms with E-state index in [0.29, 0.717) is 19.7 Å². The van der Waals surface area contributed by atoms with Gasteiger partial charge < -0.3 is 25.4 Å². The number of pyridine rings is 1. The number of carboxylic acids is 1. The van der Waals surface area contributed by atoms with E-state index in [4.69, 9.17) is 9.72 Å². The second-order valence-corrected chi connectivity index (χ2v) is 9.65. The Morgan fingerprint density at radius 1 is 1.21 bits per heavy atom. The molecule has 12 heteroatoms. The van der Waals surface area contributed by atoms with Gasteiger partial charge in [-0.25, -0.2) is 9.78 Å². The zero-order chi connectivity index (χ0) is 27.5. The molecule has 1 atom stereocenters. The highest BCUT2D eigenvalue weighted by Crippen LogP contribution is 2.20. The number of rotatable bonds is 16. The van der Waals surface area contributed by atoms with Crippen molar-refractivity contribution in [2.75, 3.05) is 38.1 Å². The van der Waals surface area contributed by atoms with Gasteiger partial charge in [0.15, 0.2) is 0 Å². The number of nitrogens with zero attached hydrogens (tertiary/aromatic N) is 4. The van der Waals surface area contributed by atoms with Gasteiger partial charge in [-0.1, -0.05) is 6.07 Å². The average Bonchev–Trinajstić information content (AvgIpc) is 3.38. The zero-order valence-corrected chi connectivity index (χ0v) is 22.0. The summed E-state index contributed by atoms with van der Waals surface area (Å²) in [6, 6.07) is 4.13. The van der Waals surface area contributed by atoms with Gasteiger partial charge in [0.25, 0.3) is 5.91 Å². The number of amides is 1. The Hall–Kier alpha value is -3.12. The van der Waals surface area contributed by atoms with E-state index < -0.39 is 24.5 Å². The first-order valence-corrected chi connectivity index (χ1v) is 13.2. The average molecular weight is 537 g/mol. The first-order chi connectivity index (χ1) is 18.2. The molecular weight excluding hydrogens is 498 g/mol. The molecule has 0 unspecified atom stereocenters. The van der Waals surface area contributed by atoms with Crippen LogP contribution in [0.4, 0.5) is 14.6 Å². The first kappa shape index (κ1) is 29.4. The van der Waals surface area contributed by atoms with Crippen molar-refractivity contribution in [3.05, 3.63) is 41.3 Å². The molecule has 0 saturated heterocycles. The van der Waals surface area contributed by atoms with Crippen LogP contribution in [-0.4, -0.2) is 81.6 Å². The number of unbranched alkanes of at least 4 members (excludes halogenated alkanes) is 1. The van der Waals surface area contributed by atoms with Gasteiger partial charge in [-0.15, -0.1) is 0 Å². The predicted octanol–water partition coefficient (Wildman–Crippen LogP) is 3.35. The van der Waals surface area contributed by atoms with Gasteiger partial charge >= 0.3 is 12.5 Å². The maximum atomic E-state index is 13.1. The van der Waals surface area contributed by atoms with Crippen molar-refractivity contribution < 1.29 is 28.2 Å². The number of aliphatic carboxylic acids is 1. The summed E-state index contributed by atoms with van der Waals surface area (Å²) in [5.41, 5.74) is 1.92. The molecule has 210 valence electrons. The van der Waals surface area contributed by atoms with Gasteiger partial charge in [0.2, 0.25) is 0 Å². The second kappa shape index (κ2) is 14.7. The standard InChI is InChI=1S/C26H38F2N6O4/c1-18(2)38-17-16-33(14-4-3-7-20-9-8-19-6-5-12-29-23(19)31-20)15-11-21(25(36)37)32-24(35)22-10-13-30-34(22)26(27)28/h8-10,13,18,21,26H,3-7,11-12,14-17H2,1-2H3,(H,29,31)(H,32,35)(H,36,37)/t21-/m0/s1. The van der Waals surface area contributed by atoms with Gasteiger partial charge in [-0.05, 0) is 76.6 Å². The molecule has 0 aliphatic carbocycles. The lowest BCUT2D eigenvalue weighted by molar-refractivity contribution is -0.139. The fourth-order valence-corrected chi connectivity index (χ4v) is 4.35. The molecule has 1 aliphatic heterocycles. The van der Waals surface area contributed by atoms with Crippen LogP contribution in [0.1, 0.15) is 67.8 Å². The molecular formula is C26H38F2N6O4. The van der Waals surface area contributed by atoms with E-state index in [2.05, 4.69) is 32.8 Å². The molecule has 0 spiro atoms. The Labute approximate surface area is 221 Å². The van der Waals surface area contributed by atoms with Crippen LogP contribution in [0.5, 0.6) is 0 Å². The third-order valence-electron chi connectivity index (χ3n) is 6.39. The van der Waals surface area contributed by atoms with Crippen molar-refractivity contribution in [3.63, 3.8) is 0 Å². The molecule has 3 rings (SSSR count). The molecule has 2 aromatic rings. The molecule has 38 heavy (non-hydrogen) atoms. The molecule has 0 saturated carbocycles. The van der Waals surface area contributed by atoms with Gasteiger partial charge in [-0.3, -0.25) is 4.79 Å². The third-order valence-corrected chi connectivity index (χ3v) is 6.39. The second-order valence-electron chi connectivity index (χ2n) is 9.65. The number of aryl methyl sites for hydroxylation is 2. The van der Waals surface area contributed by atoms with E-state index in [1.165, 1.54) is 5.56 Å². The number of fused-ring (bicyclic) bond motifs is 1. The van der Waals surface area contributed by atoms with Gasteiger partial charge in [0, 0.05) is 31.5 Å². The Bertz CT molecular complexity index is 1050. The lowest BCUT2D eigenvalue weighted by atomic mass is 10.1. The van der Waals surface area contributed by atoms with Crippen LogP contribution < -0.4 is 10.6 Å². The summed E-state index contributed by atoms with van der Waals surface area (Å²) in [5.74, 6) is -1.15. The Kier molecular flexibility index (Phi) is 11.4. The number of anilines is 1. The quantitative estimate of drug-likeness (QED) is 0.279. The first-order valence-electron chi connectivity index (χ1n) is 13.2. The summed E-state index contributed by atoms with van der Waals surface area (Å²) in [6.45, 7) is 4.07. The summed E-state index contributed by atoms with van der Waals surface area (Å²) in [4.78, 5) is 31.1. The minimum absolute atomic E-state index is 0.0753. The van der Waals surface area contributed by atoms with Crippen LogP contribution in [0, 0.1) is 0 Å². The number of carbonyl (C=O) groups is 2. The zero-order valence-electron chi connectivity index (χ0n) is 22.0. The summed E-state index contributed by atoms with van der Waals surface area (Å²) in [5, 5.41) is 18.8. The van der Waals surface area contributed by atoms with Gasteiger partial charge in [0.05, 0.1) is 12.7 Å². The van der Waals surface area contributed by atoms with Crippen LogP contribution in [-0.2, 0) is 22.4 Å². The largest absolute Gasteiger partial charge is 0.480 e. The number of halogens is 2. The number of carboxylic acid groups (broad SMARTS) is 1. The molecule has 2 aromatic heterocycles. The topological polar surface area (TPSA) is 122 Å². The third kappa shape index (κ3) is 9.02. The molecule has 1 aliphatic rings. The lowest BCUT2D eigenvalue weighted by Gasteiger charge is -2.25. The minimum Gasteiger partial charge on any atom is -0.480 e. The fourth-order valence-electron chi connectivity index (χ4n) is 4.35. The van der Waals surface area contributed by atoms with E-state index in [1.54, 1.807) is 0 Å². The van der Waals surface area contributed by atoms with E-state index in [0.717, 1.165) is 69.0 Å². The van der Waals surface area contributed by atoms with Crippen molar-refractivity contribution in [1.29, 1.82) is 0 Å². The molecule has 3 N–H and O–H groups in total. The highest BCUT2D eigenvalue weighted by molar-refractivity contribution is 5.95. The van der Waals surface area contributed by atoms with Crippen molar-refractivity contribution in [2.24, 2.45) is 0 Å². The molecule has 3 heterocycles. The highest BCUT2D eigenvalue weighted by atomic mass is 19.3. The van der Waals surface area contributed by atoms with Crippen molar-refractivity contribution in [2.45, 2.75) is 71.1 Å². The number of nitrogens with one attached hydrogen (secondary N) is 2. The molecule has 10 nitrogen and oxygen atoms in total. The van der Waals surface area contributed by atoms with Crippen LogP contribution in [0.2, 0.25) is 0 Å². The molecule has 0 fully saturated rings. The number of hydrogen-bond donors (Lipinski definition) is 3. The summed E-state index contributed by atoms with van der Waals surface area (Å²) in [7, 11) is 0. The summed E-state index contributed by atoms with van der Waals surface area (Å²) < 4.78 is 32.1. The number of aromatic nitrogens is 3. The normalized spacial score (nSPS) is 14.0. The number of hydrogen-bond acceptors (Lipinski definition) is 7. The maximum absolute atomic E-state index is 13.1. The van der Waals surface area contributed by atoms with Gasteiger partial charge in [-0.2, -0.15) is 18.6 Å². The Morgan fingerprint density at radius 2 is 2.03 bits per heavy atom. The van der Waals surface area contributed by atoms with Crippen LogP contribution in [0.3, 0.4) is 0 Å². The van der Waals surface area contributed by atoms with E-state index in [1.807, 2.05) is 13.8 Å². The van der Waals surface area contributed by atoms with Gasteiger partial charge in [0.1, 0.15) is 17.6 Å². The maximum Gasteiger partial charge on any atom is 0.333 e. The smallest absolute Gasteiger partial charge is 0.333 e. The minimum atomic E-state index is -3.00. The lowest BCUT2D eigenvalue weighted by Crippen LogP contribution is -2.44. The summed E-state index contributed by atoms with van der Waals surface area (Å²) >= 11 is 0. The van der Waals surface area contributed by atoms with E-state index in [-0.39, 0.29) is 22.9 Å². The predicted molar refractivity (Wildman–Crippen MR) is 139 cm³/mol. The van der Waals surface area contributed by atoms with Crippen molar-refractivity contribution in [3.8, 4) is 0 Å². The molecule has 0 aromatic carbocycles. The highest BCUT2D eigenvalue weighted by Gasteiger charge is 2.25. The Balaban J connectivity index is 1.52. The van der Waals surface area contributed by atoms with Crippen molar-refractivity contribution >= 4 is 17.7 Å². The SMILES string of the molecule is CC(C)OCCN(CCCCc1ccc2c(n1)NCCC2)CC[C@H](NC(=O)c1ccnn1C(F)F)C(=O)O. The monoisotopic (exact) mass is 536 g/mol.